The number of rotatable bonds is 10. The third-order valence-electron chi connectivity index (χ3n) is 2.95. The highest BCUT2D eigenvalue weighted by atomic mass is 32.2. The van der Waals surface area contributed by atoms with E-state index in [1.165, 1.54) is 19.1 Å². The Balaban J connectivity index is 2.46. The quantitative estimate of drug-likeness (QED) is 0.532. The van der Waals surface area contributed by atoms with E-state index >= 15 is 0 Å². The van der Waals surface area contributed by atoms with Gasteiger partial charge in [0.25, 0.3) is 0 Å². The van der Waals surface area contributed by atoms with Gasteiger partial charge in [0, 0.05) is 25.3 Å². The number of hydrogen-bond donors (Lipinski definition) is 1. The van der Waals surface area contributed by atoms with Crippen LogP contribution in [-0.2, 0) is 14.8 Å². The SMILES string of the molecule is CCCCOCCCNS(=O)(=O)c1cccc(C(C)=O)c1. The largest absolute Gasteiger partial charge is 0.381 e. The Kier molecular flexibility index (Phi) is 7.56. The van der Waals surface area contributed by atoms with Gasteiger partial charge in [-0.15, -0.1) is 0 Å². The third kappa shape index (κ3) is 6.37. The van der Waals surface area contributed by atoms with Gasteiger partial charge in [-0.2, -0.15) is 0 Å². The molecule has 0 saturated carbocycles. The number of unbranched alkanes of at least 4 members (excludes halogenated alkanes) is 1. The Morgan fingerprint density at radius 1 is 1.24 bits per heavy atom. The van der Waals surface area contributed by atoms with E-state index in [-0.39, 0.29) is 10.7 Å². The predicted octanol–water partition coefficient (Wildman–Crippen LogP) is 2.37. The minimum Gasteiger partial charge on any atom is -0.381 e. The van der Waals surface area contributed by atoms with Crippen LogP contribution < -0.4 is 4.72 Å². The Labute approximate surface area is 126 Å². The fourth-order valence-electron chi connectivity index (χ4n) is 1.69. The van der Waals surface area contributed by atoms with Crippen molar-refractivity contribution in [2.75, 3.05) is 19.8 Å². The second-order valence-corrected chi connectivity index (χ2v) is 6.57. The lowest BCUT2D eigenvalue weighted by Crippen LogP contribution is -2.25. The molecular weight excluding hydrogens is 290 g/mol. The molecule has 0 heterocycles. The van der Waals surface area contributed by atoms with E-state index in [4.69, 9.17) is 4.74 Å². The molecule has 0 amide bonds. The highest BCUT2D eigenvalue weighted by Gasteiger charge is 2.14. The highest BCUT2D eigenvalue weighted by Crippen LogP contribution is 2.11. The molecule has 0 radical (unpaired) electrons. The summed E-state index contributed by atoms with van der Waals surface area (Å²) in [5.41, 5.74) is 0.390. The molecule has 21 heavy (non-hydrogen) atoms. The summed E-state index contributed by atoms with van der Waals surface area (Å²) in [7, 11) is -3.57. The number of ether oxygens (including phenoxy) is 1. The van der Waals surface area contributed by atoms with Gasteiger partial charge in [-0.1, -0.05) is 25.5 Å². The van der Waals surface area contributed by atoms with Crippen molar-refractivity contribution in [3.8, 4) is 0 Å². The monoisotopic (exact) mass is 313 g/mol. The molecule has 118 valence electrons. The molecule has 0 aliphatic heterocycles. The number of carbonyl (C=O) groups is 1. The minimum absolute atomic E-state index is 0.113. The van der Waals surface area contributed by atoms with Crippen molar-refractivity contribution in [2.45, 2.75) is 38.0 Å². The summed E-state index contributed by atoms with van der Waals surface area (Å²) in [4.78, 5) is 11.4. The molecule has 0 bridgehead atoms. The minimum atomic E-state index is -3.57. The van der Waals surface area contributed by atoms with Crippen LogP contribution in [0.4, 0.5) is 0 Å². The lowest BCUT2D eigenvalue weighted by Gasteiger charge is -2.08. The van der Waals surface area contributed by atoms with Gasteiger partial charge in [-0.05, 0) is 31.9 Å². The first-order valence-electron chi connectivity index (χ1n) is 7.16. The van der Waals surface area contributed by atoms with Crippen LogP contribution in [0.5, 0.6) is 0 Å². The molecule has 0 spiro atoms. The van der Waals surface area contributed by atoms with E-state index in [0.717, 1.165) is 12.8 Å². The molecule has 0 unspecified atom stereocenters. The van der Waals surface area contributed by atoms with Gasteiger partial charge in [0.15, 0.2) is 5.78 Å². The Bertz CT molecular complexity index is 555. The number of benzene rings is 1. The standard InChI is InChI=1S/C15H23NO4S/c1-3-4-10-20-11-6-9-16-21(18,19)15-8-5-7-14(12-15)13(2)17/h5,7-8,12,16H,3-4,6,9-11H2,1-2H3. The average Bonchev–Trinajstić information content (AvgIpc) is 2.46. The summed E-state index contributed by atoms with van der Waals surface area (Å²) in [6, 6.07) is 6.04. The topological polar surface area (TPSA) is 72.5 Å². The van der Waals surface area contributed by atoms with Crippen LogP contribution in [0.15, 0.2) is 29.2 Å². The number of ketones is 1. The smallest absolute Gasteiger partial charge is 0.240 e. The van der Waals surface area contributed by atoms with E-state index in [0.29, 0.717) is 31.7 Å². The second-order valence-electron chi connectivity index (χ2n) is 4.80. The first-order chi connectivity index (χ1) is 9.97. The van der Waals surface area contributed by atoms with Crippen molar-refractivity contribution in [2.24, 2.45) is 0 Å². The van der Waals surface area contributed by atoms with Gasteiger partial charge >= 0.3 is 0 Å². The van der Waals surface area contributed by atoms with Crippen LogP contribution in [0.2, 0.25) is 0 Å². The molecule has 0 saturated heterocycles. The second kappa shape index (κ2) is 8.92. The van der Waals surface area contributed by atoms with Gasteiger partial charge in [-0.3, -0.25) is 4.79 Å². The Hall–Kier alpha value is -1.24. The van der Waals surface area contributed by atoms with E-state index in [2.05, 4.69) is 11.6 Å². The molecule has 0 aliphatic rings. The summed E-state index contributed by atoms with van der Waals surface area (Å²) in [5, 5.41) is 0. The van der Waals surface area contributed by atoms with Gasteiger partial charge in [0.2, 0.25) is 10.0 Å². The molecular formula is C15H23NO4S. The Morgan fingerprint density at radius 3 is 2.62 bits per heavy atom. The van der Waals surface area contributed by atoms with Crippen LogP contribution in [0, 0.1) is 0 Å². The molecule has 1 N–H and O–H groups in total. The fraction of sp³-hybridized carbons (Fsp3) is 0.533. The lowest BCUT2D eigenvalue weighted by molar-refractivity contribution is 0.101. The first kappa shape index (κ1) is 17.8. The molecule has 0 aromatic heterocycles. The zero-order chi connectivity index (χ0) is 15.7. The van der Waals surface area contributed by atoms with Crippen molar-refractivity contribution in [3.05, 3.63) is 29.8 Å². The molecule has 1 aromatic carbocycles. The van der Waals surface area contributed by atoms with Crippen LogP contribution >= 0.6 is 0 Å². The molecule has 1 rings (SSSR count). The van der Waals surface area contributed by atoms with Crippen LogP contribution in [0.1, 0.15) is 43.5 Å². The highest BCUT2D eigenvalue weighted by molar-refractivity contribution is 7.89. The van der Waals surface area contributed by atoms with Crippen molar-refractivity contribution < 1.29 is 17.9 Å². The van der Waals surface area contributed by atoms with Crippen molar-refractivity contribution >= 4 is 15.8 Å². The van der Waals surface area contributed by atoms with Gasteiger partial charge in [-0.25, -0.2) is 13.1 Å². The predicted molar refractivity (Wildman–Crippen MR) is 82.0 cm³/mol. The Morgan fingerprint density at radius 2 is 1.95 bits per heavy atom. The fourth-order valence-corrected chi connectivity index (χ4v) is 2.81. The van der Waals surface area contributed by atoms with E-state index in [1.54, 1.807) is 12.1 Å². The van der Waals surface area contributed by atoms with Crippen LogP contribution in [-0.4, -0.2) is 34.0 Å². The normalized spacial score (nSPS) is 11.5. The maximum absolute atomic E-state index is 12.1. The summed E-state index contributed by atoms with van der Waals surface area (Å²) in [6.07, 6.45) is 2.72. The molecule has 0 atom stereocenters. The first-order valence-corrected chi connectivity index (χ1v) is 8.64. The van der Waals surface area contributed by atoms with Crippen molar-refractivity contribution in [1.82, 2.24) is 4.72 Å². The molecule has 6 heteroatoms. The summed E-state index contributed by atoms with van der Waals surface area (Å²) >= 11 is 0. The summed E-state index contributed by atoms with van der Waals surface area (Å²) in [5.74, 6) is -0.156. The number of nitrogens with one attached hydrogen (secondary N) is 1. The lowest BCUT2D eigenvalue weighted by atomic mass is 10.2. The zero-order valence-electron chi connectivity index (χ0n) is 12.6. The van der Waals surface area contributed by atoms with E-state index < -0.39 is 10.0 Å². The van der Waals surface area contributed by atoms with E-state index in [1.807, 2.05) is 0 Å². The van der Waals surface area contributed by atoms with Crippen LogP contribution in [0.3, 0.4) is 0 Å². The molecule has 0 aliphatic carbocycles. The number of Topliss-reactive ketones (excluding diaryl/α,β-unsaturated/α-hetero) is 1. The molecule has 1 aromatic rings. The van der Waals surface area contributed by atoms with Gasteiger partial charge in [0.05, 0.1) is 4.90 Å². The van der Waals surface area contributed by atoms with Crippen molar-refractivity contribution in [3.63, 3.8) is 0 Å². The van der Waals surface area contributed by atoms with E-state index in [9.17, 15) is 13.2 Å². The molecule has 0 fully saturated rings. The van der Waals surface area contributed by atoms with Gasteiger partial charge < -0.3 is 4.74 Å². The average molecular weight is 313 g/mol. The number of sulfonamides is 1. The van der Waals surface area contributed by atoms with Crippen LogP contribution in [0.25, 0.3) is 0 Å². The van der Waals surface area contributed by atoms with Gasteiger partial charge in [0.1, 0.15) is 0 Å². The summed E-state index contributed by atoms with van der Waals surface area (Å²) in [6.45, 7) is 5.07. The maximum atomic E-state index is 12.1. The third-order valence-corrected chi connectivity index (χ3v) is 4.41. The molecule has 5 nitrogen and oxygen atoms in total. The number of hydrogen-bond acceptors (Lipinski definition) is 4. The van der Waals surface area contributed by atoms with Crippen molar-refractivity contribution in [1.29, 1.82) is 0 Å². The number of carbonyl (C=O) groups excluding carboxylic acids is 1. The zero-order valence-corrected chi connectivity index (χ0v) is 13.4. The maximum Gasteiger partial charge on any atom is 0.240 e. The summed E-state index contributed by atoms with van der Waals surface area (Å²) < 4.78 is 32.0.